The molecule has 1 unspecified atom stereocenters. The number of hydrogen-bond donors (Lipinski definition) is 2. The average Bonchev–Trinajstić information content (AvgIpc) is 2.76. The zero-order chi connectivity index (χ0) is 21.1. The number of amides is 2. The number of methoxy groups -OCH3 is 2. The Hall–Kier alpha value is -3.55. The van der Waals surface area contributed by atoms with E-state index in [1.165, 1.54) is 14.2 Å². The predicted molar refractivity (Wildman–Crippen MR) is 106 cm³/mol. The molecule has 8 heteroatoms. The number of para-hydroxylation sites is 1. The van der Waals surface area contributed by atoms with E-state index in [2.05, 4.69) is 15.4 Å². The third kappa shape index (κ3) is 7.17. The standard InChI is InChI=1S/C21H24N2O6/c1-27-18-11-7-6-10-17(18)20(25)22-13-16(12-19(24)28-2)23-21(26)29-14-15-8-4-3-5-9-15/h3-11,16H,12-14H2,1-2H3,(H,22,25)(H,23,26). The van der Waals surface area contributed by atoms with Gasteiger partial charge >= 0.3 is 12.1 Å². The number of rotatable bonds is 9. The molecular weight excluding hydrogens is 376 g/mol. The van der Waals surface area contributed by atoms with Crippen LogP contribution in [0.1, 0.15) is 22.3 Å². The lowest BCUT2D eigenvalue weighted by atomic mass is 10.1. The topological polar surface area (TPSA) is 103 Å². The first-order valence-electron chi connectivity index (χ1n) is 8.98. The van der Waals surface area contributed by atoms with Crippen LogP contribution in [0.25, 0.3) is 0 Å². The summed E-state index contributed by atoms with van der Waals surface area (Å²) in [5.74, 6) is -0.494. The van der Waals surface area contributed by atoms with Crippen LogP contribution >= 0.6 is 0 Å². The fourth-order valence-electron chi connectivity index (χ4n) is 2.53. The van der Waals surface area contributed by atoms with Crippen LogP contribution in [0.2, 0.25) is 0 Å². The number of alkyl carbamates (subject to hydrolysis) is 1. The SMILES string of the molecule is COC(=O)CC(CNC(=O)c1ccccc1OC)NC(=O)OCc1ccccc1. The molecule has 0 spiro atoms. The van der Waals surface area contributed by atoms with Gasteiger partial charge in [0.1, 0.15) is 12.4 Å². The average molecular weight is 400 g/mol. The van der Waals surface area contributed by atoms with Crippen molar-refractivity contribution >= 4 is 18.0 Å². The second-order valence-electron chi connectivity index (χ2n) is 6.09. The molecule has 0 aliphatic rings. The fourth-order valence-corrected chi connectivity index (χ4v) is 2.53. The van der Waals surface area contributed by atoms with Crippen LogP contribution in [0.15, 0.2) is 54.6 Å². The van der Waals surface area contributed by atoms with Gasteiger partial charge in [0.2, 0.25) is 0 Å². The number of carbonyl (C=O) groups excluding carboxylic acids is 3. The van der Waals surface area contributed by atoms with Crippen molar-refractivity contribution in [1.29, 1.82) is 0 Å². The van der Waals surface area contributed by atoms with E-state index in [0.29, 0.717) is 11.3 Å². The molecule has 0 saturated carbocycles. The van der Waals surface area contributed by atoms with Crippen molar-refractivity contribution in [3.05, 3.63) is 65.7 Å². The Morgan fingerprint density at radius 3 is 2.34 bits per heavy atom. The largest absolute Gasteiger partial charge is 0.496 e. The van der Waals surface area contributed by atoms with Crippen molar-refractivity contribution in [1.82, 2.24) is 10.6 Å². The minimum absolute atomic E-state index is 0.00637. The smallest absolute Gasteiger partial charge is 0.407 e. The molecule has 0 bridgehead atoms. The van der Waals surface area contributed by atoms with Crippen molar-refractivity contribution in [2.24, 2.45) is 0 Å². The number of ether oxygens (including phenoxy) is 3. The van der Waals surface area contributed by atoms with Crippen LogP contribution < -0.4 is 15.4 Å². The Kier molecular flexibility index (Phi) is 8.50. The van der Waals surface area contributed by atoms with Gasteiger partial charge in [0.15, 0.2) is 0 Å². The van der Waals surface area contributed by atoms with E-state index in [1.807, 2.05) is 30.3 Å². The third-order valence-corrected chi connectivity index (χ3v) is 4.04. The lowest BCUT2D eigenvalue weighted by molar-refractivity contribution is -0.141. The van der Waals surface area contributed by atoms with E-state index >= 15 is 0 Å². The quantitative estimate of drug-likeness (QED) is 0.626. The van der Waals surface area contributed by atoms with E-state index in [1.54, 1.807) is 24.3 Å². The summed E-state index contributed by atoms with van der Waals surface area (Å²) in [5.41, 5.74) is 1.18. The molecule has 1 atom stereocenters. The van der Waals surface area contributed by atoms with Gasteiger partial charge < -0.3 is 24.8 Å². The van der Waals surface area contributed by atoms with Crippen molar-refractivity contribution in [2.45, 2.75) is 19.1 Å². The highest BCUT2D eigenvalue weighted by Gasteiger charge is 2.20. The molecular formula is C21H24N2O6. The molecule has 0 heterocycles. The maximum absolute atomic E-state index is 12.4. The summed E-state index contributed by atoms with van der Waals surface area (Å²) in [7, 11) is 2.72. The molecule has 0 aromatic heterocycles. The maximum atomic E-state index is 12.4. The minimum Gasteiger partial charge on any atom is -0.496 e. The Morgan fingerprint density at radius 1 is 0.966 bits per heavy atom. The van der Waals surface area contributed by atoms with Gasteiger partial charge in [0.05, 0.1) is 32.2 Å². The van der Waals surface area contributed by atoms with Crippen LogP contribution in [0, 0.1) is 0 Å². The van der Waals surface area contributed by atoms with E-state index in [-0.39, 0.29) is 19.6 Å². The Bertz CT molecular complexity index is 825. The molecule has 0 fully saturated rings. The van der Waals surface area contributed by atoms with Crippen molar-refractivity contribution in [2.75, 3.05) is 20.8 Å². The van der Waals surface area contributed by atoms with E-state index in [9.17, 15) is 14.4 Å². The van der Waals surface area contributed by atoms with Crippen LogP contribution in [0.4, 0.5) is 4.79 Å². The fraction of sp³-hybridized carbons (Fsp3) is 0.286. The molecule has 2 aromatic carbocycles. The minimum atomic E-state index is -0.704. The molecule has 2 amide bonds. The summed E-state index contributed by atoms with van der Waals surface area (Å²) < 4.78 is 15.0. The second kappa shape index (κ2) is 11.3. The van der Waals surface area contributed by atoms with Gasteiger partial charge in [-0.2, -0.15) is 0 Å². The molecule has 29 heavy (non-hydrogen) atoms. The zero-order valence-corrected chi connectivity index (χ0v) is 16.3. The van der Waals surface area contributed by atoms with E-state index in [0.717, 1.165) is 5.56 Å². The summed E-state index contributed by atoms with van der Waals surface area (Å²) in [5, 5.41) is 5.27. The first kappa shape index (κ1) is 21.7. The molecule has 2 N–H and O–H groups in total. The highest BCUT2D eigenvalue weighted by atomic mass is 16.5. The normalized spacial score (nSPS) is 11.1. The van der Waals surface area contributed by atoms with Gasteiger partial charge in [-0.25, -0.2) is 4.79 Å². The van der Waals surface area contributed by atoms with Crippen molar-refractivity contribution in [3.8, 4) is 5.75 Å². The summed E-state index contributed by atoms with van der Waals surface area (Å²) in [6.07, 6.45) is -0.822. The number of benzene rings is 2. The highest BCUT2D eigenvalue weighted by molar-refractivity contribution is 5.97. The monoisotopic (exact) mass is 400 g/mol. The molecule has 0 saturated heterocycles. The summed E-state index contributed by atoms with van der Waals surface area (Å²) >= 11 is 0. The van der Waals surface area contributed by atoms with Crippen LogP contribution in [-0.2, 0) is 20.9 Å². The number of hydrogen-bond acceptors (Lipinski definition) is 6. The van der Waals surface area contributed by atoms with Crippen molar-refractivity contribution < 1.29 is 28.6 Å². The molecule has 2 aromatic rings. The number of esters is 1. The zero-order valence-electron chi connectivity index (χ0n) is 16.3. The Balaban J connectivity index is 1.93. The molecule has 0 aliphatic heterocycles. The third-order valence-electron chi connectivity index (χ3n) is 4.04. The van der Waals surface area contributed by atoms with Gasteiger partial charge in [0, 0.05) is 6.54 Å². The predicted octanol–water partition coefficient (Wildman–Crippen LogP) is 2.28. The molecule has 154 valence electrons. The molecule has 0 aliphatic carbocycles. The first-order valence-corrected chi connectivity index (χ1v) is 8.98. The second-order valence-corrected chi connectivity index (χ2v) is 6.09. The van der Waals surface area contributed by atoms with E-state index in [4.69, 9.17) is 9.47 Å². The molecule has 2 rings (SSSR count). The summed E-state index contributed by atoms with van der Waals surface area (Å²) in [6.45, 7) is 0.0949. The number of nitrogens with one attached hydrogen (secondary N) is 2. The van der Waals surface area contributed by atoms with Crippen molar-refractivity contribution in [3.63, 3.8) is 0 Å². The lowest BCUT2D eigenvalue weighted by Crippen LogP contribution is -2.45. The van der Waals surface area contributed by atoms with Gasteiger partial charge in [-0.3, -0.25) is 9.59 Å². The van der Waals surface area contributed by atoms with Crippen LogP contribution in [0.3, 0.4) is 0 Å². The summed E-state index contributed by atoms with van der Waals surface area (Å²) in [4.78, 5) is 36.2. The molecule has 8 nitrogen and oxygen atoms in total. The highest BCUT2D eigenvalue weighted by Crippen LogP contribution is 2.16. The van der Waals surface area contributed by atoms with Gasteiger partial charge in [-0.1, -0.05) is 42.5 Å². The van der Waals surface area contributed by atoms with Crippen LogP contribution in [0.5, 0.6) is 5.75 Å². The molecule has 0 radical (unpaired) electrons. The maximum Gasteiger partial charge on any atom is 0.407 e. The van der Waals surface area contributed by atoms with Gasteiger partial charge in [-0.15, -0.1) is 0 Å². The van der Waals surface area contributed by atoms with Crippen LogP contribution in [-0.4, -0.2) is 44.8 Å². The lowest BCUT2D eigenvalue weighted by Gasteiger charge is -2.18. The number of carbonyl (C=O) groups is 3. The summed E-state index contributed by atoms with van der Waals surface area (Å²) in [6, 6.07) is 15.2. The first-order chi connectivity index (χ1) is 14.0. The Morgan fingerprint density at radius 2 is 1.66 bits per heavy atom. The van der Waals surface area contributed by atoms with Gasteiger partial charge in [-0.05, 0) is 17.7 Å². The van der Waals surface area contributed by atoms with Gasteiger partial charge in [0.25, 0.3) is 5.91 Å². The van der Waals surface area contributed by atoms with E-state index < -0.39 is 24.0 Å². The Labute approximate surface area is 169 Å².